The molecular formula is C15H17ClF3N3O2S. The van der Waals surface area contributed by atoms with Gasteiger partial charge in [-0.3, -0.25) is 4.79 Å². The van der Waals surface area contributed by atoms with Crippen LogP contribution in [0.2, 0.25) is 0 Å². The van der Waals surface area contributed by atoms with E-state index in [1.807, 2.05) is 0 Å². The Balaban J connectivity index is 0.00000312. The molecule has 2 rings (SSSR count). The minimum atomic E-state index is -4.75. The Labute approximate surface area is 153 Å². The summed E-state index contributed by atoms with van der Waals surface area (Å²) in [7, 11) is 1.56. The first-order valence-corrected chi connectivity index (χ1v) is 7.91. The average molecular weight is 396 g/mol. The van der Waals surface area contributed by atoms with Crippen molar-refractivity contribution in [1.29, 1.82) is 0 Å². The summed E-state index contributed by atoms with van der Waals surface area (Å²) >= 11 is 1.35. The molecule has 0 radical (unpaired) electrons. The zero-order chi connectivity index (χ0) is 17.7. The van der Waals surface area contributed by atoms with Gasteiger partial charge in [-0.2, -0.15) is 0 Å². The number of carbonyl (C=O) groups is 1. The van der Waals surface area contributed by atoms with Crippen LogP contribution in [0.5, 0.6) is 5.75 Å². The van der Waals surface area contributed by atoms with Crippen LogP contribution >= 0.6 is 23.7 Å². The molecule has 0 bridgehead atoms. The van der Waals surface area contributed by atoms with Crippen LogP contribution in [0.25, 0.3) is 0 Å². The largest absolute Gasteiger partial charge is 0.573 e. The van der Waals surface area contributed by atoms with Crippen LogP contribution in [-0.2, 0) is 13.0 Å². The van der Waals surface area contributed by atoms with Crippen molar-refractivity contribution in [3.63, 3.8) is 0 Å². The lowest BCUT2D eigenvalue weighted by Gasteiger charge is -2.17. The molecule has 0 aliphatic carbocycles. The number of ether oxygens (including phenoxy) is 1. The summed E-state index contributed by atoms with van der Waals surface area (Å²) in [6.07, 6.45) is -4.15. The predicted molar refractivity (Wildman–Crippen MR) is 91.0 cm³/mol. The van der Waals surface area contributed by atoms with Gasteiger partial charge in [0.05, 0.1) is 5.01 Å². The molecule has 5 nitrogen and oxygen atoms in total. The third kappa shape index (κ3) is 6.52. The van der Waals surface area contributed by atoms with E-state index >= 15 is 0 Å². The van der Waals surface area contributed by atoms with E-state index in [2.05, 4.69) is 9.72 Å². The fourth-order valence-corrected chi connectivity index (χ4v) is 2.82. The number of rotatable bonds is 6. The number of carbonyl (C=O) groups excluding carboxylic acids is 1. The van der Waals surface area contributed by atoms with Gasteiger partial charge in [0, 0.05) is 25.4 Å². The maximum atomic E-state index is 12.3. The van der Waals surface area contributed by atoms with E-state index in [0.717, 1.165) is 5.01 Å². The lowest BCUT2D eigenvalue weighted by atomic mass is 10.2. The fraction of sp³-hybridized carbons (Fsp3) is 0.333. The van der Waals surface area contributed by atoms with E-state index in [9.17, 15) is 18.0 Å². The highest BCUT2D eigenvalue weighted by Gasteiger charge is 2.31. The highest BCUT2D eigenvalue weighted by Crippen LogP contribution is 2.24. The first-order chi connectivity index (χ1) is 11.3. The molecule has 1 heterocycles. The van der Waals surface area contributed by atoms with E-state index in [1.54, 1.807) is 18.5 Å². The van der Waals surface area contributed by atoms with Crippen LogP contribution in [0.4, 0.5) is 13.2 Å². The zero-order valence-corrected chi connectivity index (χ0v) is 14.9. The molecular weight excluding hydrogens is 379 g/mol. The summed E-state index contributed by atoms with van der Waals surface area (Å²) in [4.78, 5) is 17.9. The fourth-order valence-electron chi connectivity index (χ4n) is 2.03. The number of benzene rings is 1. The Hall–Kier alpha value is -1.84. The predicted octanol–water partition coefficient (Wildman–Crippen LogP) is 3.24. The number of aromatic nitrogens is 1. The van der Waals surface area contributed by atoms with Gasteiger partial charge in [0.25, 0.3) is 5.91 Å². The number of hydrogen-bond acceptors (Lipinski definition) is 5. The number of thiazole rings is 1. The smallest absolute Gasteiger partial charge is 0.406 e. The molecule has 1 amide bonds. The molecule has 0 unspecified atom stereocenters. The first-order valence-electron chi connectivity index (χ1n) is 7.03. The molecule has 1 aromatic carbocycles. The van der Waals surface area contributed by atoms with Crippen molar-refractivity contribution in [3.05, 3.63) is 45.9 Å². The molecule has 0 aliphatic heterocycles. The topological polar surface area (TPSA) is 68.5 Å². The number of halogens is 4. The van der Waals surface area contributed by atoms with Crippen molar-refractivity contribution in [1.82, 2.24) is 9.88 Å². The molecule has 10 heteroatoms. The third-order valence-corrected chi connectivity index (χ3v) is 3.94. The summed E-state index contributed by atoms with van der Waals surface area (Å²) < 4.78 is 40.6. The Kier molecular flexibility index (Phi) is 7.65. The highest BCUT2D eigenvalue weighted by molar-refractivity contribution is 7.09. The van der Waals surface area contributed by atoms with Gasteiger partial charge >= 0.3 is 6.36 Å². The van der Waals surface area contributed by atoms with Crippen molar-refractivity contribution >= 4 is 29.7 Å². The van der Waals surface area contributed by atoms with Gasteiger partial charge in [0.1, 0.15) is 11.4 Å². The summed E-state index contributed by atoms with van der Waals surface area (Å²) in [5.41, 5.74) is 6.26. The molecule has 0 saturated heterocycles. The van der Waals surface area contributed by atoms with Crippen molar-refractivity contribution in [3.8, 4) is 5.75 Å². The van der Waals surface area contributed by atoms with Gasteiger partial charge in [-0.15, -0.1) is 36.9 Å². The molecule has 0 spiro atoms. The molecule has 0 aliphatic rings. The lowest BCUT2D eigenvalue weighted by Crippen LogP contribution is -2.26. The van der Waals surface area contributed by atoms with Crippen LogP contribution in [0.3, 0.4) is 0 Å². The van der Waals surface area contributed by atoms with Crippen LogP contribution in [-0.4, -0.2) is 35.7 Å². The summed E-state index contributed by atoms with van der Waals surface area (Å²) in [6.45, 7) is 0.584. The molecule has 138 valence electrons. The van der Waals surface area contributed by atoms with Crippen molar-refractivity contribution in [2.45, 2.75) is 19.3 Å². The van der Waals surface area contributed by atoms with Crippen molar-refractivity contribution < 1.29 is 22.7 Å². The minimum absolute atomic E-state index is 0. The average Bonchev–Trinajstić information content (AvgIpc) is 2.94. The third-order valence-electron chi connectivity index (χ3n) is 3.03. The van der Waals surface area contributed by atoms with Gasteiger partial charge in [-0.1, -0.05) is 12.1 Å². The number of alkyl halides is 3. The highest BCUT2D eigenvalue weighted by atomic mass is 35.5. The lowest BCUT2D eigenvalue weighted by molar-refractivity contribution is -0.274. The van der Waals surface area contributed by atoms with Crippen LogP contribution in [0.1, 0.15) is 21.1 Å². The number of nitrogens with two attached hydrogens (primary N) is 1. The second-order valence-electron chi connectivity index (χ2n) is 5.02. The normalized spacial score (nSPS) is 10.9. The number of hydrogen-bond donors (Lipinski definition) is 1. The van der Waals surface area contributed by atoms with E-state index in [0.29, 0.717) is 24.2 Å². The van der Waals surface area contributed by atoms with Crippen molar-refractivity contribution in [2.24, 2.45) is 5.73 Å². The van der Waals surface area contributed by atoms with Gasteiger partial charge in [-0.05, 0) is 24.2 Å². The Morgan fingerprint density at radius 2 is 2.12 bits per heavy atom. The van der Waals surface area contributed by atoms with Gasteiger partial charge in [0.2, 0.25) is 0 Å². The number of nitrogens with zero attached hydrogens (tertiary/aromatic N) is 2. The van der Waals surface area contributed by atoms with Gasteiger partial charge in [0.15, 0.2) is 0 Å². The van der Waals surface area contributed by atoms with E-state index in [-0.39, 0.29) is 30.6 Å². The van der Waals surface area contributed by atoms with Gasteiger partial charge in [-0.25, -0.2) is 4.98 Å². The maximum Gasteiger partial charge on any atom is 0.573 e. The standard InChI is InChI=1S/C15H16F3N3O2S.ClH/c1-21(14(22)12-9-24-13(20-12)5-6-19)8-10-3-2-4-11(7-10)23-15(16,17)18;/h2-4,7,9H,5-6,8,19H2,1H3;1H. The summed E-state index contributed by atoms with van der Waals surface area (Å²) in [5, 5.41) is 2.42. The maximum absolute atomic E-state index is 12.3. The quantitative estimate of drug-likeness (QED) is 0.815. The van der Waals surface area contributed by atoms with E-state index in [4.69, 9.17) is 5.73 Å². The Morgan fingerprint density at radius 1 is 1.40 bits per heavy atom. The number of amides is 1. The molecule has 2 N–H and O–H groups in total. The van der Waals surface area contributed by atoms with Crippen LogP contribution < -0.4 is 10.5 Å². The minimum Gasteiger partial charge on any atom is -0.406 e. The van der Waals surface area contributed by atoms with Crippen molar-refractivity contribution in [2.75, 3.05) is 13.6 Å². The summed E-state index contributed by atoms with van der Waals surface area (Å²) in [6, 6.07) is 5.52. The Bertz CT molecular complexity index is 709. The molecule has 0 atom stereocenters. The Morgan fingerprint density at radius 3 is 2.76 bits per heavy atom. The molecule has 0 saturated carbocycles. The molecule has 0 fully saturated rings. The van der Waals surface area contributed by atoms with E-state index < -0.39 is 6.36 Å². The van der Waals surface area contributed by atoms with E-state index in [1.165, 1.54) is 34.4 Å². The SMILES string of the molecule is CN(Cc1cccc(OC(F)(F)F)c1)C(=O)c1csc(CCN)n1.Cl. The molecule has 2 aromatic rings. The van der Waals surface area contributed by atoms with Gasteiger partial charge < -0.3 is 15.4 Å². The monoisotopic (exact) mass is 395 g/mol. The second kappa shape index (κ2) is 9.02. The van der Waals surface area contributed by atoms with Crippen LogP contribution in [0, 0.1) is 0 Å². The zero-order valence-electron chi connectivity index (χ0n) is 13.2. The van der Waals surface area contributed by atoms with Crippen LogP contribution in [0.15, 0.2) is 29.6 Å². The summed E-state index contributed by atoms with van der Waals surface area (Å²) in [5.74, 6) is -0.628. The molecule has 25 heavy (non-hydrogen) atoms. The molecule has 1 aromatic heterocycles. The second-order valence-corrected chi connectivity index (χ2v) is 5.96. The first kappa shape index (κ1) is 21.2.